The van der Waals surface area contributed by atoms with Crippen LogP contribution in [0, 0.1) is 0 Å². The number of ketones is 2. The standard InChI is InChI=1S/C37H23NO3/c1-22(34-36(39)28-13-5-6-14-29(28)37(34)40)32-20-21-33(41-32)25-18-19-31-35-26(15-9-16-27(25)35)24-12-7-8-17-30(24)38(31)23-10-3-2-4-11-23/h2-21H,1H3. The third-order valence-corrected chi connectivity index (χ3v) is 8.20. The minimum Gasteiger partial charge on any atom is -0.456 e. The Balaban J connectivity index is 1.29. The van der Waals surface area contributed by atoms with E-state index in [0.29, 0.717) is 28.2 Å². The topological polar surface area (TPSA) is 50.5 Å². The van der Waals surface area contributed by atoms with Gasteiger partial charge >= 0.3 is 0 Å². The highest BCUT2D eigenvalue weighted by Gasteiger charge is 2.35. The van der Waals surface area contributed by atoms with E-state index in [2.05, 4.69) is 83.8 Å². The monoisotopic (exact) mass is 529 g/mol. The molecule has 0 saturated carbocycles. The first-order valence-electron chi connectivity index (χ1n) is 13.6. The van der Waals surface area contributed by atoms with Gasteiger partial charge in [-0.1, -0.05) is 78.9 Å². The van der Waals surface area contributed by atoms with Gasteiger partial charge < -0.3 is 9.32 Å². The predicted molar refractivity (Wildman–Crippen MR) is 163 cm³/mol. The maximum atomic E-state index is 13.1. The molecule has 0 bridgehead atoms. The first-order chi connectivity index (χ1) is 20.1. The van der Waals surface area contributed by atoms with Crippen LogP contribution in [-0.2, 0) is 0 Å². The van der Waals surface area contributed by atoms with Crippen molar-refractivity contribution in [3.05, 3.63) is 144 Å². The maximum Gasteiger partial charge on any atom is 0.198 e. The number of fused-ring (bicyclic) bond motifs is 3. The normalized spacial score (nSPS) is 13.5. The molecule has 8 rings (SSSR count). The zero-order chi connectivity index (χ0) is 27.7. The lowest BCUT2D eigenvalue weighted by molar-refractivity contribution is 0.0989. The van der Waals surface area contributed by atoms with E-state index in [-0.39, 0.29) is 17.1 Å². The molecule has 0 radical (unpaired) electrons. The molecule has 6 aromatic rings. The number of Topliss-reactive ketones (excluding diaryl/α,β-unsaturated/α-hetero) is 2. The molecule has 1 aliphatic heterocycles. The van der Waals surface area contributed by atoms with Crippen molar-refractivity contribution >= 4 is 45.0 Å². The first-order valence-corrected chi connectivity index (χ1v) is 13.6. The van der Waals surface area contributed by atoms with E-state index in [9.17, 15) is 9.59 Å². The van der Waals surface area contributed by atoms with Gasteiger partial charge in [-0.3, -0.25) is 9.59 Å². The van der Waals surface area contributed by atoms with Crippen LogP contribution in [0.3, 0.4) is 0 Å². The van der Waals surface area contributed by atoms with Crippen LogP contribution >= 0.6 is 0 Å². The molecule has 1 aliphatic carbocycles. The molecule has 41 heavy (non-hydrogen) atoms. The van der Waals surface area contributed by atoms with Crippen molar-refractivity contribution in [2.75, 3.05) is 4.90 Å². The molecular weight excluding hydrogens is 506 g/mol. The van der Waals surface area contributed by atoms with E-state index in [1.54, 1.807) is 31.2 Å². The Bertz CT molecular complexity index is 2060. The minimum absolute atomic E-state index is 0.180. The van der Waals surface area contributed by atoms with Crippen LogP contribution in [0.2, 0.25) is 0 Å². The van der Waals surface area contributed by atoms with Crippen molar-refractivity contribution in [2.45, 2.75) is 6.92 Å². The average molecular weight is 530 g/mol. The Labute approximate surface area is 236 Å². The van der Waals surface area contributed by atoms with E-state index >= 15 is 0 Å². The first kappa shape index (κ1) is 23.4. The van der Waals surface area contributed by atoms with Crippen LogP contribution in [0.5, 0.6) is 0 Å². The van der Waals surface area contributed by atoms with E-state index in [1.165, 1.54) is 11.1 Å². The van der Waals surface area contributed by atoms with Gasteiger partial charge in [-0.15, -0.1) is 0 Å². The molecule has 5 aromatic carbocycles. The van der Waals surface area contributed by atoms with Crippen LogP contribution in [0.4, 0.5) is 17.1 Å². The summed E-state index contributed by atoms with van der Waals surface area (Å²) in [5, 5.41) is 2.22. The number of rotatable bonds is 3. The number of benzene rings is 5. The number of furan rings is 1. The Morgan fingerprint density at radius 3 is 1.98 bits per heavy atom. The van der Waals surface area contributed by atoms with E-state index in [0.717, 1.165) is 33.4 Å². The smallest absolute Gasteiger partial charge is 0.198 e. The largest absolute Gasteiger partial charge is 0.456 e. The zero-order valence-electron chi connectivity index (χ0n) is 22.2. The Kier molecular flexibility index (Phi) is 5.01. The second-order valence-corrected chi connectivity index (χ2v) is 10.4. The summed E-state index contributed by atoms with van der Waals surface area (Å²) in [7, 11) is 0. The number of allylic oxidation sites excluding steroid dienone is 2. The molecule has 0 unspecified atom stereocenters. The van der Waals surface area contributed by atoms with E-state index in [1.807, 2.05) is 18.2 Å². The van der Waals surface area contributed by atoms with Crippen LogP contribution in [-0.4, -0.2) is 11.6 Å². The van der Waals surface area contributed by atoms with Crippen LogP contribution in [0.15, 0.2) is 131 Å². The highest BCUT2D eigenvalue weighted by Crippen LogP contribution is 2.52. The summed E-state index contributed by atoms with van der Waals surface area (Å²) in [5.74, 6) is 0.704. The average Bonchev–Trinajstić information content (AvgIpc) is 3.61. The number of para-hydroxylation sites is 2. The highest BCUT2D eigenvalue weighted by molar-refractivity contribution is 6.42. The fraction of sp³-hybridized carbons (Fsp3) is 0.0270. The quantitative estimate of drug-likeness (QED) is 0.169. The number of carbonyl (C=O) groups is 2. The number of hydrogen-bond donors (Lipinski definition) is 0. The van der Waals surface area contributed by atoms with Crippen molar-refractivity contribution in [1.29, 1.82) is 0 Å². The fourth-order valence-corrected chi connectivity index (χ4v) is 6.29. The van der Waals surface area contributed by atoms with Crippen LogP contribution in [0.25, 0.3) is 38.8 Å². The maximum absolute atomic E-state index is 13.1. The molecule has 2 heterocycles. The van der Waals surface area contributed by atoms with Gasteiger partial charge in [0.1, 0.15) is 11.5 Å². The van der Waals surface area contributed by atoms with Crippen molar-refractivity contribution in [1.82, 2.24) is 0 Å². The highest BCUT2D eigenvalue weighted by atomic mass is 16.3. The summed E-state index contributed by atoms with van der Waals surface area (Å²) in [6, 6.07) is 40.3. The van der Waals surface area contributed by atoms with Crippen LogP contribution < -0.4 is 4.90 Å². The zero-order valence-corrected chi connectivity index (χ0v) is 22.2. The third-order valence-electron chi connectivity index (χ3n) is 8.20. The van der Waals surface area contributed by atoms with Crippen LogP contribution in [0.1, 0.15) is 33.4 Å². The molecular formula is C37H23NO3. The second-order valence-electron chi connectivity index (χ2n) is 10.4. The Hall–Kier alpha value is -5.48. The molecule has 0 N–H and O–H groups in total. The molecule has 4 heteroatoms. The molecule has 0 atom stereocenters. The van der Waals surface area contributed by atoms with Gasteiger partial charge in [-0.2, -0.15) is 0 Å². The second kappa shape index (κ2) is 8.77. The lowest BCUT2D eigenvalue weighted by atomic mass is 9.88. The summed E-state index contributed by atoms with van der Waals surface area (Å²) in [4.78, 5) is 28.5. The summed E-state index contributed by atoms with van der Waals surface area (Å²) in [6.45, 7) is 1.78. The minimum atomic E-state index is -0.248. The lowest BCUT2D eigenvalue weighted by Crippen LogP contribution is -2.15. The molecule has 2 aliphatic rings. The molecule has 4 nitrogen and oxygen atoms in total. The third kappa shape index (κ3) is 3.34. The molecule has 0 saturated heterocycles. The molecule has 0 spiro atoms. The number of nitrogens with zero attached hydrogens (tertiary/aromatic N) is 1. The van der Waals surface area contributed by atoms with Crippen molar-refractivity contribution in [2.24, 2.45) is 0 Å². The Morgan fingerprint density at radius 2 is 1.22 bits per heavy atom. The summed E-state index contributed by atoms with van der Waals surface area (Å²) in [5.41, 5.74) is 8.27. The van der Waals surface area contributed by atoms with Gasteiger partial charge in [0.05, 0.1) is 16.9 Å². The number of anilines is 3. The van der Waals surface area contributed by atoms with Crippen molar-refractivity contribution in [3.63, 3.8) is 0 Å². The van der Waals surface area contributed by atoms with Gasteiger partial charge in [0.2, 0.25) is 0 Å². The fourth-order valence-electron chi connectivity index (χ4n) is 6.29. The van der Waals surface area contributed by atoms with Crippen molar-refractivity contribution < 1.29 is 14.0 Å². The van der Waals surface area contributed by atoms with Crippen molar-refractivity contribution in [3.8, 4) is 22.5 Å². The predicted octanol–water partition coefficient (Wildman–Crippen LogP) is 9.40. The SMILES string of the molecule is CC(=C1C(=O)c2ccccc2C1=O)c1ccc(-c2ccc3c4c(cccc24)-c2ccccc2N3c2ccccc2)o1. The molecule has 1 aromatic heterocycles. The summed E-state index contributed by atoms with van der Waals surface area (Å²) < 4.78 is 6.38. The van der Waals surface area contributed by atoms with Gasteiger partial charge in [0.15, 0.2) is 11.6 Å². The Morgan fingerprint density at radius 1 is 0.561 bits per heavy atom. The molecule has 0 fully saturated rings. The van der Waals surface area contributed by atoms with E-state index < -0.39 is 0 Å². The van der Waals surface area contributed by atoms with Gasteiger partial charge in [0, 0.05) is 38.9 Å². The van der Waals surface area contributed by atoms with Gasteiger partial charge in [-0.05, 0) is 60.3 Å². The summed E-state index contributed by atoms with van der Waals surface area (Å²) in [6.07, 6.45) is 0. The molecule has 194 valence electrons. The number of carbonyl (C=O) groups excluding carboxylic acids is 2. The summed E-state index contributed by atoms with van der Waals surface area (Å²) >= 11 is 0. The lowest BCUT2D eigenvalue weighted by Gasteiger charge is -2.33. The van der Waals surface area contributed by atoms with Gasteiger partial charge in [0.25, 0.3) is 0 Å². The number of hydrogen-bond acceptors (Lipinski definition) is 4. The molecule has 0 amide bonds. The van der Waals surface area contributed by atoms with E-state index in [4.69, 9.17) is 4.42 Å². The van der Waals surface area contributed by atoms with Gasteiger partial charge in [-0.25, -0.2) is 0 Å².